The van der Waals surface area contributed by atoms with Gasteiger partial charge in [0.05, 0.1) is 30.7 Å². The van der Waals surface area contributed by atoms with Crippen molar-refractivity contribution in [1.82, 2.24) is 9.88 Å². The summed E-state index contributed by atoms with van der Waals surface area (Å²) >= 11 is 0. The maximum absolute atomic E-state index is 12.5. The number of benzene rings is 1. The Balaban J connectivity index is 1.58. The average Bonchev–Trinajstić information content (AvgIpc) is 2.64. The number of amides is 1. The minimum atomic E-state index is -0.204. The second kappa shape index (κ2) is 8.42. The van der Waals surface area contributed by atoms with Gasteiger partial charge < -0.3 is 14.8 Å². The molecule has 6 nitrogen and oxygen atoms in total. The fourth-order valence-electron chi connectivity index (χ4n) is 2.52. The molecule has 24 heavy (non-hydrogen) atoms. The molecule has 1 aromatic heterocycles. The average molecular weight is 327 g/mol. The minimum absolute atomic E-state index is 0.204. The number of nitrogens with zero attached hydrogens (tertiary/aromatic N) is 2. The third-order valence-electron chi connectivity index (χ3n) is 3.82. The number of aromatic nitrogens is 1. The standard InChI is InChI=1S/C18H21N3O3/c22-18(20-15-4-3-7-19-14-15)16-5-1-2-6-17(16)24-13-10-21-8-11-23-12-9-21/h1-7,14H,8-13H2,(H,20,22). The molecule has 0 spiro atoms. The lowest BCUT2D eigenvalue weighted by Crippen LogP contribution is -2.38. The van der Waals surface area contributed by atoms with Gasteiger partial charge in [-0.25, -0.2) is 0 Å². The van der Waals surface area contributed by atoms with Gasteiger partial charge in [0.15, 0.2) is 0 Å². The molecule has 1 saturated heterocycles. The Kier molecular flexibility index (Phi) is 5.76. The van der Waals surface area contributed by atoms with Crippen molar-refractivity contribution in [3.05, 3.63) is 54.4 Å². The second-order valence-corrected chi connectivity index (χ2v) is 5.49. The van der Waals surface area contributed by atoms with Gasteiger partial charge in [-0.1, -0.05) is 12.1 Å². The maximum atomic E-state index is 12.5. The molecular formula is C18H21N3O3. The van der Waals surface area contributed by atoms with E-state index < -0.39 is 0 Å². The van der Waals surface area contributed by atoms with Gasteiger partial charge in [0.25, 0.3) is 5.91 Å². The predicted molar refractivity (Wildman–Crippen MR) is 91.4 cm³/mol. The number of hydrogen-bond acceptors (Lipinski definition) is 5. The molecule has 0 unspecified atom stereocenters. The minimum Gasteiger partial charge on any atom is -0.491 e. The van der Waals surface area contributed by atoms with Crippen molar-refractivity contribution in [3.63, 3.8) is 0 Å². The number of pyridine rings is 1. The van der Waals surface area contributed by atoms with Crippen LogP contribution in [0, 0.1) is 0 Å². The lowest BCUT2D eigenvalue weighted by atomic mass is 10.2. The molecule has 1 amide bonds. The second-order valence-electron chi connectivity index (χ2n) is 5.49. The van der Waals surface area contributed by atoms with E-state index in [1.165, 1.54) is 0 Å². The van der Waals surface area contributed by atoms with Crippen LogP contribution in [0.5, 0.6) is 5.75 Å². The molecule has 0 bridgehead atoms. The number of morpholine rings is 1. The first-order chi connectivity index (χ1) is 11.8. The van der Waals surface area contributed by atoms with Gasteiger partial charge in [-0.15, -0.1) is 0 Å². The van der Waals surface area contributed by atoms with Gasteiger partial charge in [0.2, 0.25) is 0 Å². The van der Waals surface area contributed by atoms with Gasteiger partial charge in [-0.2, -0.15) is 0 Å². The summed E-state index contributed by atoms with van der Waals surface area (Å²) in [6, 6.07) is 10.8. The number of ether oxygens (including phenoxy) is 2. The molecule has 3 rings (SSSR count). The first-order valence-corrected chi connectivity index (χ1v) is 8.06. The molecule has 0 aliphatic carbocycles. The Morgan fingerprint density at radius 3 is 2.83 bits per heavy atom. The Hall–Kier alpha value is -2.44. The van der Waals surface area contributed by atoms with Gasteiger partial charge in [0.1, 0.15) is 12.4 Å². The van der Waals surface area contributed by atoms with Crippen LogP contribution in [0.15, 0.2) is 48.8 Å². The van der Waals surface area contributed by atoms with Crippen LogP contribution in [-0.2, 0) is 4.74 Å². The molecule has 1 aliphatic heterocycles. The highest BCUT2D eigenvalue weighted by Gasteiger charge is 2.14. The van der Waals surface area contributed by atoms with Crippen LogP contribution < -0.4 is 10.1 Å². The first kappa shape index (κ1) is 16.4. The highest BCUT2D eigenvalue weighted by Crippen LogP contribution is 2.19. The first-order valence-electron chi connectivity index (χ1n) is 8.06. The molecule has 1 N–H and O–H groups in total. The number of nitrogens with one attached hydrogen (secondary N) is 1. The monoisotopic (exact) mass is 327 g/mol. The van der Waals surface area contributed by atoms with Crippen LogP contribution in [0.2, 0.25) is 0 Å². The zero-order valence-corrected chi connectivity index (χ0v) is 13.5. The SMILES string of the molecule is O=C(Nc1cccnc1)c1ccccc1OCCN1CCOCC1. The Morgan fingerprint density at radius 2 is 2.04 bits per heavy atom. The normalized spacial score (nSPS) is 15.0. The number of carbonyl (C=O) groups excluding carboxylic acids is 1. The molecule has 0 atom stereocenters. The Labute approximate surface area is 141 Å². The third kappa shape index (κ3) is 4.53. The van der Waals surface area contributed by atoms with E-state index in [-0.39, 0.29) is 5.91 Å². The van der Waals surface area contributed by atoms with E-state index in [2.05, 4.69) is 15.2 Å². The van der Waals surface area contributed by atoms with E-state index in [0.717, 1.165) is 32.8 Å². The highest BCUT2D eigenvalue weighted by atomic mass is 16.5. The largest absolute Gasteiger partial charge is 0.491 e. The van der Waals surface area contributed by atoms with Crippen molar-refractivity contribution in [2.45, 2.75) is 0 Å². The number of anilines is 1. The van der Waals surface area contributed by atoms with Crippen molar-refractivity contribution in [3.8, 4) is 5.75 Å². The summed E-state index contributed by atoms with van der Waals surface area (Å²) in [5.41, 5.74) is 1.17. The number of rotatable bonds is 6. The highest BCUT2D eigenvalue weighted by molar-refractivity contribution is 6.06. The molecule has 1 fully saturated rings. The third-order valence-corrected chi connectivity index (χ3v) is 3.82. The summed E-state index contributed by atoms with van der Waals surface area (Å²) in [6.45, 7) is 4.74. The molecule has 6 heteroatoms. The number of hydrogen-bond donors (Lipinski definition) is 1. The van der Waals surface area contributed by atoms with Crippen LogP contribution in [0.25, 0.3) is 0 Å². The molecule has 1 aliphatic rings. The van der Waals surface area contributed by atoms with Crippen LogP contribution in [0.3, 0.4) is 0 Å². The fraction of sp³-hybridized carbons (Fsp3) is 0.333. The molecule has 2 heterocycles. The number of carbonyl (C=O) groups is 1. The summed E-state index contributed by atoms with van der Waals surface area (Å²) in [7, 11) is 0. The van der Waals surface area contributed by atoms with Crippen LogP contribution >= 0.6 is 0 Å². The smallest absolute Gasteiger partial charge is 0.259 e. The van der Waals surface area contributed by atoms with Crippen molar-refractivity contribution in [2.24, 2.45) is 0 Å². The molecule has 0 saturated carbocycles. The van der Waals surface area contributed by atoms with Crippen LogP contribution in [0.1, 0.15) is 10.4 Å². The summed E-state index contributed by atoms with van der Waals surface area (Å²) in [5.74, 6) is 0.386. The molecule has 2 aromatic rings. The van der Waals surface area contributed by atoms with Gasteiger partial charge in [-0.05, 0) is 24.3 Å². The van der Waals surface area contributed by atoms with E-state index in [4.69, 9.17) is 9.47 Å². The van der Waals surface area contributed by atoms with Crippen LogP contribution in [0.4, 0.5) is 5.69 Å². The van der Waals surface area contributed by atoms with E-state index in [1.807, 2.05) is 18.2 Å². The lowest BCUT2D eigenvalue weighted by molar-refractivity contribution is 0.0322. The molecule has 0 radical (unpaired) electrons. The molecular weight excluding hydrogens is 306 g/mol. The zero-order valence-electron chi connectivity index (χ0n) is 13.5. The van der Waals surface area contributed by atoms with Crippen molar-refractivity contribution in [1.29, 1.82) is 0 Å². The summed E-state index contributed by atoms with van der Waals surface area (Å²) in [6.07, 6.45) is 3.28. The van der Waals surface area contributed by atoms with Crippen molar-refractivity contribution in [2.75, 3.05) is 44.8 Å². The van der Waals surface area contributed by atoms with Crippen LogP contribution in [-0.4, -0.2) is 55.2 Å². The van der Waals surface area contributed by atoms with Crippen molar-refractivity contribution < 1.29 is 14.3 Å². The predicted octanol–water partition coefficient (Wildman–Crippen LogP) is 2.04. The van der Waals surface area contributed by atoms with E-state index in [9.17, 15) is 4.79 Å². The van der Waals surface area contributed by atoms with E-state index in [1.54, 1.807) is 30.6 Å². The van der Waals surface area contributed by atoms with E-state index >= 15 is 0 Å². The van der Waals surface area contributed by atoms with E-state index in [0.29, 0.717) is 23.6 Å². The Bertz CT molecular complexity index is 658. The lowest BCUT2D eigenvalue weighted by Gasteiger charge is -2.26. The quantitative estimate of drug-likeness (QED) is 0.880. The molecule has 126 valence electrons. The summed E-state index contributed by atoms with van der Waals surface area (Å²) in [4.78, 5) is 18.7. The fourth-order valence-corrected chi connectivity index (χ4v) is 2.52. The molecule has 1 aromatic carbocycles. The van der Waals surface area contributed by atoms with Crippen molar-refractivity contribution >= 4 is 11.6 Å². The topological polar surface area (TPSA) is 63.7 Å². The van der Waals surface area contributed by atoms with Gasteiger partial charge >= 0.3 is 0 Å². The number of para-hydroxylation sites is 1. The zero-order chi connectivity index (χ0) is 16.6. The summed E-state index contributed by atoms with van der Waals surface area (Å²) in [5, 5.41) is 2.83. The Morgan fingerprint density at radius 1 is 1.21 bits per heavy atom. The van der Waals surface area contributed by atoms with Gasteiger partial charge in [-0.3, -0.25) is 14.7 Å². The summed E-state index contributed by atoms with van der Waals surface area (Å²) < 4.78 is 11.2. The maximum Gasteiger partial charge on any atom is 0.259 e. The van der Waals surface area contributed by atoms with Gasteiger partial charge in [0, 0.05) is 25.8 Å².